The standard InChI is InChI=1S/C20H20N2O5S/c1-2-27-20(24)18-15-8-3-4-9-16(15)28-19(18)21-17(23)11-10-13-6-5-7-14(12-13)22(25)26/h5-7,10-12H,2-4,8-9H2,1H3,(H,21,23)/b11-10-. The molecule has 0 aliphatic heterocycles. The normalized spacial score (nSPS) is 13.2. The number of non-ortho nitro benzene ring substituents is 1. The third kappa shape index (κ3) is 4.45. The first-order valence-electron chi connectivity index (χ1n) is 9.04. The number of amides is 1. The molecule has 7 nitrogen and oxygen atoms in total. The highest BCUT2D eigenvalue weighted by Crippen LogP contribution is 2.38. The Bertz CT molecular complexity index is 948. The first-order chi connectivity index (χ1) is 13.5. The maximum absolute atomic E-state index is 12.4. The van der Waals surface area contributed by atoms with Gasteiger partial charge in [0.15, 0.2) is 0 Å². The minimum Gasteiger partial charge on any atom is -0.462 e. The van der Waals surface area contributed by atoms with Crippen LogP contribution in [0.15, 0.2) is 30.3 Å². The van der Waals surface area contributed by atoms with E-state index in [-0.39, 0.29) is 12.3 Å². The molecule has 1 aromatic carbocycles. The Labute approximate surface area is 166 Å². The summed E-state index contributed by atoms with van der Waals surface area (Å²) in [7, 11) is 0. The molecular weight excluding hydrogens is 380 g/mol. The molecular formula is C20H20N2O5S. The molecule has 0 fully saturated rings. The molecule has 3 rings (SSSR count). The van der Waals surface area contributed by atoms with Gasteiger partial charge in [-0.25, -0.2) is 4.79 Å². The molecule has 0 unspecified atom stereocenters. The molecule has 2 aromatic rings. The Balaban J connectivity index is 1.80. The fourth-order valence-electron chi connectivity index (χ4n) is 3.14. The molecule has 0 atom stereocenters. The van der Waals surface area contributed by atoms with Crippen LogP contribution in [0.4, 0.5) is 10.7 Å². The molecule has 28 heavy (non-hydrogen) atoms. The molecule has 0 saturated heterocycles. The Morgan fingerprint density at radius 3 is 2.86 bits per heavy atom. The van der Waals surface area contributed by atoms with Gasteiger partial charge in [0.1, 0.15) is 5.00 Å². The first kappa shape index (κ1) is 19.8. The molecule has 1 aromatic heterocycles. The summed E-state index contributed by atoms with van der Waals surface area (Å²) in [6.07, 6.45) is 6.57. The third-order valence-electron chi connectivity index (χ3n) is 4.40. The number of nitrogens with one attached hydrogen (secondary N) is 1. The van der Waals surface area contributed by atoms with Crippen molar-refractivity contribution >= 4 is 40.0 Å². The van der Waals surface area contributed by atoms with Gasteiger partial charge in [0.2, 0.25) is 5.91 Å². The first-order valence-corrected chi connectivity index (χ1v) is 9.86. The largest absolute Gasteiger partial charge is 0.462 e. The number of nitro groups is 1. The minimum absolute atomic E-state index is 0.0434. The van der Waals surface area contributed by atoms with Crippen molar-refractivity contribution in [2.75, 3.05) is 11.9 Å². The smallest absolute Gasteiger partial charge is 0.341 e. The highest BCUT2D eigenvalue weighted by Gasteiger charge is 2.26. The van der Waals surface area contributed by atoms with Crippen LogP contribution in [0.3, 0.4) is 0 Å². The summed E-state index contributed by atoms with van der Waals surface area (Å²) in [5.41, 5.74) is 1.94. The molecule has 146 valence electrons. The van der Waals surface area contributed by atoms with Gasteiger partial charge in [0, 0.05) is 23.1 Å². The molecule has 0 spiro atoms. The monoisotopic (exact) mass is 400 g/mol. The summed E-state index contributed by atoms with van der Waals surface area (Å²) in [5.74, 6) is -0.824. The second-order valence-corrected chi connectivity index (χ2v) is 7.42. The Morgan fingerprint density at radius 1 is 1.32 bits per heavy atom. The van der Waals surface area contributed by atoms with Gasteiger partial charge >= 0.3 is 5.97 Å². The third-order valence-corrected chi connectivity index (χ3v) is 5.60. The van der Waals surface area contributed by atoms with Gasteiger partial charge in [0.05, 0.1) is 17.1 Å². The van der Waals surface area contributed by atoms with Crippen LogP contribution in [0.25, 0.3) is 6.08 Å². The van der Waals surface area contributed by atoms with Crippen LogP contribution in [0.2, 0.25) is 0 Å². The number of aryl methyl sites for hydroxylation is 1. The molecule has 0 bridgehead atoms. The predicted octanol–water partition coefficient (Wildman–Crippen LogP) is 4.36. The van der Waals surface area contributed by atoms with Crippen LogP contribution in [0.1, 0.15) is 46.1 Å². The number of hydrogen-bond donors (Lipinski definition) is 1. The molecule has 0 radical (unpaired) electrons. The van der Waals surface area contributed by atoms with Crippen molar-refractivity contribution < 1.29 is 19.2 Å². The number of nitro benzene ring substituents is 1. The number of esters is 1. The summed E-state index contributed by atoms with van der Waals surface area (Å²) in [4.78, 5) is 36.3. The van der Waals surface area contributed by atoms with E-state index in [9.17, 15) is 19.7 Å². The van der Waals surface area contributed by atoms with E-state index in [1.165, 1.54) is 35.6 Å². The van der Waals surface area contributed by atoms with Gasteiger partial charge in [0.25, 0.3) is 5.69 Å². The molecule has 1 aliphatic carbocycles. The van der Waals surface area contributed by atoms with Gasteiger partial charge in [-0.05, 0) is 49.8 Å². The van der Waals surface area contributed by atoms with Crippen molar-refractivity contribution in [2.45, 2.75) is 32.6 Å². The number of benzene rings is 1. The maximum Gasteiger partial charge on any atom is 0.341 e. The van der Waals surface area contributed by atoms with Crippen molar-refractivity contribution in [1.82, 2.24) is 0 Å². The van der Waals surface area contributed by atoms with Crippen LogP contribution in [-0.2, 0) is 22.4 Å². The van der Waals surface area contributed by atoms with Gasteiger partial charge in [-0.1, -0.05) is 12.1 Å². The number of thiophene rings is 1. The summed E-state index contributed by atoms with van der Waals surface area (Å²) in [6.45, 7) is 2.01. The van der Waals surface area contributed by atoms with Crippen molar-refractivity contribution in [1.29, 1.82) is 0 Å². The Morgan fingerprint density at radius 2 is 2.11 bits per heavy atom. The van der Waals surface area contributed by atoms with E-state index in [1.54, 1.807) is 19.1 Å². The quantitative estimate of drug-likeness (QED) is 0.336. The zero-order chi connectivity index (χ0) is 20.1. The average Bonchev–Trinajstić information content (AvgIpc) is 3.04. The van der Waals surface area contributed by atoms with Crippen LogP contribution in [-0.4, -0.2) is 23.4 Å². The van der Waals surface area contributed by atoms with E-state index in [1.807, 2.05) is 0 Å². The lowest BCUT2D eigenvalue weighted by molar-refractivity contribution is -0.384. The van der Waals surface area contributed by atoms with Crippen molar-refractivity contribution in [3.63, 3.8) is 0 Å². The highest BCUT2D eigenvalue weighted by atomic mass is 32.1. The summed E-state index contributed by atoms with van der Waals surface area (Å²) in [5, 5.41) is 14.1. The average molecular weight is 400 g/mol. The lowest BCUT2D eigenvalue weighted by Gasteiger charge is -2.12. The molecule has 1 N–H and O–H groups in total. The fraction of sp³-hybridized carbons (Fsp3) is 0.300. The van der Waals surface area contributed by atoms with Crippen molar-refractivity contribution in [3.8, 4) is 0 Å². The van der Waals surface area contributed by atoms with Crippen LogP contribution in [0, 0.1) is 10.1 Å². The second kappa shape index (κ2) is 8.79. The molecule has 0 saturated carbocycles. The maximum atomic E-state index is 12.4. The molecule has 8 heteroatoms. The number of ether oxygens (including phenoxy) is 1. The van der Waals surface area contributed by atoms with Crippen molar-refractivity contribution in [2.24, 2.45) is 0 Å². The molecule has 1 heterocycles. The lowest BCUT2D eigenvalue weighted by atomic mass is 9.95. The van der Waals surface area contributed by atoms with E-state index >= 15 is 0 Å². The van der Waals surface area contributed by atoms with E-state index in [0.29, 0.717) is 16.1 Å². The zero-order valence-corrected chi connectivity index (χ0v) is 16.2. The number of carbonyl (C=O) groups is 2. The highest BCUT2D eigenvalue weighted by molar-refractivity contribution is 7.17. The van der Waals surface area contributed by atoms with Gasteiger partial charge in [-0.2, -0.15) is 0 Å². The van der Waals surface area contributed by atoms with Crippen molar-refractivity contribution in [3.05, 3.63) is 62.0 Å². The SMILES string of the molecule is CCOC(=O)c1c(NC(=O)/C=C\c2cccc([N+](=O)[O-])c2)sc2c1CCCC2. The van der Waals surface area contributed by atoms with E-state index < -0.39 is 16.8 Å². The fourth-order valence-corrected chi connectivity index (χ4v) is 4.42. The molecule has 1 aliphatic rings. The number of hydrogen-bond acceptors (Lipinski definition) is 6. The van der Waals surface area contributed by atoms with Gasteiger partial charge in [-0.3, -0.25) is 14.9 Å². The van der Waals surface area contributed by atoms with Crippen LogP contribution in [0.5, 0.6) is 0 Å². The van der Waals surface area contributed by atoms with E-state index in [2.05, 4.69) is 5.32 Å². The van der Waals surface area contributed by atoms with Crippen LogP contribution < -0.4 is 5.32 Å². The predicted molar refractivity (Wildman–Crippen MR) is 108 cm³/mol. The summed E-state index contributed by atoms with van der Waals surface area (Å²) < 4.78 is 5.17. The van der Waals surface area contributed by atoms with Gasteiger partial charge in [-0.15, -0.1) is 11.3 Å². The lowest BCUT2D eigenvalue weighted by Crippen LogP contribution is -2.14. The number of nitrogens with zero attached hydrogens (tertiary/aromatic N) is 1. The number of anilines is 1. The topological polar surface area (TPSA) is 98.5 Å². The second-order valence-electron chi connectivity index (χ2n) is 6.31. The van der Waals surface area contributed by atoms with Crippen LogP contribution >= 0.6 is 11.3 Å². The Hall–Kier alpha value is -3.00. The minimum atomic E-state index is -0.487. The number of carbonyl (C=O) groups excluding carboxylic acids is 2. The summed E-state index contributed by atoms with van der Waals surface area (Å²) in [6, 6.07) is 6.00. The number of fused-ring (bicyclic) bond motifs is 1. The zero-order valence-electron chi connectivity index (χ0n) is 15.4. The summed E-state index contributed by atoms with van der Waals surface area (Å²) >= 11 is 1.42. The number of rotatable bonds is 6. The van der Waals surface area contributed by atoms with E-state index in [4.69, 9.17) is 4.74 Å². The van der Waals surface area contributed by atoms with Gasteiger partial charge < -0.3 is 10.1 Å². The molecule has 1 amide bonds. The Kier molecular flexibility index (Phi) is 6.20. The van der Waals surface area contributed by atoms with E-state index in [0.717, 1.165) is 36.1 Å².